The first-order valence-corrected chi connectivity index (χ1v) is 12.4. The lowest BCUT2D eigenvalue weighted by atomic mass is 10.0. The van der Waals surface area contributed by atoms with E-state index in [-0.39, 0.29) is 5.82 Å². The Bertz CT molecular complexity index is 1710. The van der Waals surface area contributed by atoms with Crippen molar-refractivity contribution in [2.45, 2.75) is 26.7 Å². The van der Waals surface area contributed by atoms with E-state index in [1.54, 1.807) is 30.7 Å². The first kappa shape index (κ1) is 24.8. The molecule has 0 aliphatic heterocycles. The maximum Gasteiger partial charge on any atom is 0.178 e. The lowest BCUT2D eigenvalue weighted by Gasteiger charge is -2.12. The first-order chi connectivity index (χ1) is 18.5. The number of nitrogens with zero attached hydrogens (tertiary/aromatic N) is 4. The molecule has 4 aromatic heterocycles. The third-order valence-corrected chi connectivity index (χ3v) is 6.27. The number of pyridine rings is 2. The van der Waals surface area contributed by atoms with Crippen molar-refractivity contribution in [3.05, 3.63) is 103 Å². The van der Waals surface area contributed by atoms with Gasteiger partial charge in [0.05, 0.1) is 11.0 Å². The number of nitrogens with one attached hydrogen (secondary N) is 3. The maximum atomic E-state index is 15.3. The van der Waals surface area contributed by atoms with Gasteiger partial charge < -0.3 is 10.3 Å². The molecule has 0 amide bonds. The molecule has 3 N–H and O–H groups in total. The summed E-state index contributed by atoms with van der Waals surface area (Å²) in [7, 11) is 0. The van der Waals surface area contributed by atoms with Gasteiger partial charge in [0.2, 0.25) is 0 Å². The van der Waals surface area contributed by atoms with Crippen molar-refractivity contribution in [2.24, 2.45) is 0 Å². The molecule has 5 rings (SSSR count). The van der Waals surface area contributed by atoms with Gasteiger partial charge in [0.15, 0.2) is 11.5 Å². The summed E-state index contributed by atoms with van der Waals surface area (Å²) >= 11 is 0. The second kappa shape index (κ2) is 10.6. The van der Waals surface area contributed by atoms with E-state index in [4.69, 9.17) is 4.98 Å². The van der Waals surface area contributed by atoms with Crippen molar-refractivity contribution in [2.75, 3.05) is 0 Å². The van der Waals surface area contributed by atoms with E-state index in [9.17, 15) is 0 Å². The average Bonchev–Trinajstić information content (AvgIpc) is 3.55. The fourth-order valence-corrected chi connectivity index (χ4v) is 4.42. The van der Waals surface area contributed by atoms with Crippen LogP contribution in [0.2, 0.25) is 0 Å². The molecule has 0 spiro atoms. The summed E-state index contributed by atoms with van der Waals surface area (Å²) in [6.07, 6.45) is 12.5. The summed E-state index contributed by atoms with van der Waals surface area (Å²) in [5, 5.41) is 11.4. The lowest BCUT2D eigenvalue weighted by molar-refractivity contribution is 0.626. The van der Waals surface area contributed by atoms with Crippen LogP contribution in [0, 0.1) is 5.82 Å². The standard InChI is InChI=1S/C30H28FN7/c1-5-9-18(4)34-21(7-3)14-19(6-2)23-15-24-26(16-25(23)31)37-38-28(24)30-35-27-22(11-13-33-29(27)36-30)20-10-8-12-32-17-20/h6-8,10-17,34H,3-5,9H2,1-2H3,(H,37,38)(H,33,35,36)/b19-6+,21-14+. The number of halogens is 1. The normalized spacial score (nSPS) is 12.3. The number of aromatic nitrogens is 6. The molecule has 38 heavy (non-hydrogen) atoms. The Balaban J connectivity index is 1.58. The highest BCUT2D eigenvalue weighted by atomic mass is 19.1. The maximum absolute atomic E-state index is 15.3. The molecule has 4 heterocycles. The van der Waals surface area contributed by atoms with E-state index in [0.29, 0.717) is 33.8 Å². The van der Waals surface area contributed by atoms with E-state index in [1.165, 1.54) is 6.07 Å². The van der Waals surface area contributed by atoms with E-state index in [1.807, 2.05) is 37.3 Å². The van der Waals surface area contributed by atoms with Gasteiger partial charge in [-0.2, -0.15) is 5.10 Å². The summed E-state index contributed by atoms with van der Waals surface area (Å²) in [6, 6.07) is 9.04. The van der Waals surface area contributed by atoms with E-state index < -0.39 is 0 Å². The van der Waals surface area contributed by atoms with Gasteiger partial charge in [-0.3, -0.25) is 10.1 Å². The Morgan fingerprint density at radius 2 is 2.08 bits per heavy atom. The minimum absolute atomic E-state index is 0.363. The van der Waals surface area contributed by atoms with E-state index in [0.717, 1.165) is 46.3 Å². The summed E-state index contributed by atoms with van der Waals surface area (Å²) in [6.45, 7) is 11.9. The monoisotopic (exact) mass is 505 g/mol. The van der Waals surface area contributed by atoms with Crippen molar-refractivity contribution in [3.63, 3.8) is 0 Å². The fraction of sp³-hybridized carbons (Fsp3) is 0.133. The van der Waals surface area contributed by atoms with Crippen molar-refractivity contribution in [3.8, 4) is 22.6 Å². The summed E-state index contributed by atoms with van der Waals surface area (Å²) < 4.78 is 15.3. The van der Waals surface area contributed by atoms with Crippen molar-refractivity contribution < 1.29 is 4.39 Å². The largest absolute Gasteiger partial charge is 0.359 e. The van der Waals surface area contributed by atoms with Crippen molar-refractivity contribution in [1.82, 2.24) is 35.5 Å². The Kier molecular flexibility index (Phi) is 6.95. The quantitative estimate of drug-likeness (QED) is 0.186. The molecule has 0 radical (unpaired) electrons. The fourth-order valence-electron chi connectivity index (χ4n) is 4.42. The molecular weight excluding hydrogens is 477 g/mol. The van der Waals surface area contributed by atoms with Crippen LogP contribution in [-0.4, -0.2) is 30.1 Å². The molecule has 0 fully saturated rings. The zero-order chi connectivity index (χ0) is 26.6. The first-order valence-electron chi connectivity index (χ1n) is 12.4. The smallest absolute Gasteiger partial charge is 0.178 e. The van der Waals surface area contributed by atoms with Crippen molar-refractivity contribution >= 4 is 27.6 Å². The highest BCUT2D eigenvalue weighted by Gasteiger charge is 2.18. The Morgan fingerprint density at radius 3 is 2.82 bits per heavy atom. The van der Waals surface area contributed by atoms with Crippen LogP contribution in [0.4, 0.5) is 4.39 Å². The molecule has 190 valence electrons. The number of allylic oxidation sites excluding steroid dienone is 5. The molecule has 0 atom stereocenters. The van der Waals surface area contributed by atoms with Crippen LogP contribution in [0.15, 0.2) is 91.7 Å². The van der Waals surface area contributed by atoms with Gasteiger partial charge >= 0.3 is 0 Å². The van der Waals surface area contributed by atoms with Crippen LogP contribution >= 0.6 is 0 Å². The zero-order valence-electron chi connectivity index (χ0n) is 21.3. The summed E-state index contributed by atoms with van der Waals surface area (Å²) in [5.41, 5.74) is 7.14. The Morgan fingerprint density at radius 1 is 1.21 bits per heavy atom. The summed E-state index contributed by atoms with van der Waals surface area (Å²) in [5.74, 6) is 0.174. The molecule has 7 nitrogen and oxygen atoms in total. The van der Waals surface area contributed by atoms with Gasteiger partial charge in [0.25, 0.3) is 0 Å². The summed E-state index contributed by atoms with van der Waals surface area (Å²) in [4.78, 5) is 16.7. The van der Waals surface area contributed by atoms with Crippen LogP contribution in [0.25, 0.3) is 50.3 Å². The molecule has 5 aromatic rings. The number of H-pyrrole nitrogens is 2. The minimum atomic E-state index is -0.363. The number of hydrogen-bond acceptors (Lipinski definition) is 5. The van der Waals surface area contributed by atoms with Crippen LogP contribution in [0.5, 0.6) is 0 Å². The van der Waals surface area contributed by atoms with Gasteiger partial charge in [-0.15, -0.1) is 0 Å². The topological polar surface area (TPSA) is 95.2 Å². The third-order valence-electron chi connectivity index (χ3n) is 6.27. The SMILES string of the molecule is C=C/C(=C\C(=C/C)c1cc2c(-c3nc4nccc(-c5cccnc5)c4[nH]3)n[nH]c2cc1F)NC(=C)CCC. The molecule has 0 bridgehead atoms. The molecule has 0 saturated heterocycles. The molecule has 0 unspecified atom stereocenters. The van der Waals surface area contributed by atoms with Gasteiger partial charge in [-0.05, 0) is 49.3 Å². The van der Waals surface area contributed by atoms with Gasteiger partial charge in [0.1, 0.15) is 11.5 Å². The molecule has 0 aliphatic carbocycles. The Labute approximate surface area is 220 Å². The van der Waals surface area contributed by atoms with Gasteiger partial charge in [-0.25, -0.2) is 14.4 Å². The van der Waals surface area contributed by atoms with E-state index >= 15 is 4.39 Å². The third kappa shape index (κ3) is 4.76. The second-order valence-electron chi connectivity index (χ2n) is 8.86. The lowest BCUT2D eigenvalue weighted by Crippen LogP contribution is -2.10. The highest BCUT2D eigenvalue weighted by Crippen LogP contribution is 2.33. The van der Waals surface area contributed by atoms with E-state index in [2.05, 4.69) is 50.5 Å². The predicted octanol–water partition coefficient (Wildman–Crippen LogP) is 7.08. The molecule has 1 aromatic carbocycles. The zero-order valence-corrected chi connectivity index (χ0v) is 21.3. The van der Waals surface area contributed by atoms with Crippen LogP contribution in [0.1, 0.15) is 32.3 Å². The average molecular weight is 506 g/mol. The van der Waals surface area contributed by atoms with Gasteiger partial charge in [-0.1, -0.05) is 38.6 Å². The number of rotatable bonds is 9. The molecule has 0 aliphatic rings. The molecule has 8 heteroatoms. The minimum Gasteiger partial charge on any atom is -0.359 e. The Hall–Kier alpha value is -4.85. The van der Waals surface area contributed by atoms with Crippen LogP contribution < -0.4 is 5.32 Å². The van der Waals surface area contributed by atoms with Crippen LogP contribution in [0.3, 0.4) is 0 Å². The predicted molar refractivity (Wildman–Crippen MR) is 151 cm³/mol. The van der Waals surface area contributed by atoms with Gasteiger partial charge in [0, 0.05) is 58.1 Å². The number of aromatic amines is 2. The molecular formula is C30H28FN7. The number of fused-ring (bicyclic) bond motifs is 2. The van der Waals surface area contributed by atoms with Crippen molar-refractivity contribution in [1.29, 1.82) is 0 Å². The number of hydrogen-bond donors (Lipinski definition) is 3. The number of benzene rings is 1. The highest BCUT2D eigenvalue weighted by molar-refractivity contribution is 5.97. The van der Waals surface area contributed by atoms with Crippen LogP contribution in [-0.2, 0) is 0 Å². The molecule has 0 saturated carbocycles. The second-order valence-corrected chi connectivity index (χ2v) is 8.86. The number of imidazole rings is 1.